The molecule has 2 aromatic rings. The largest absolute Gasteiger partial charge is 0.327 e. The van der Waals surface area contributed by atoms with Gasteiger partial charge in [-0.05, 0) is 11.6 Å². The van der Waals surface area contributed by atoms with Gasteiger partial charge in [-0.2, -0.15) is 5.10 Å². The number of thioether (sulfide) groups is 1. The highest BCUT2D eigenvalue weighted by Gasteiger charge is 2.28. The van der Waals surface area contributed by atoms with E-state index in [0.717, 1.165) is 18.0 Å². The third-order valence-electron chi connectivity index (χ3n) is 3.48. The summed E-state index contributed by atoms with van der Waals surface area (Å²) in [6.45, 7) is 0. The Kier molecular flexibility index (Phi) is 3.09. The molecular weight excluding hydrogens is 244 g/mol. The Morgan fingerprint density at radius 1 is 1.50 bits per heavy atom. The molecule has 2 N–H and O–H groups in total. The quantitative estimate of drug-likeness (QED) is 0.910. The second-order valence-electron chi connectivity index (χ2n) is 4.62. The van der Waals surface area contributed by atoms with E-state index >= 15 is 0 Å². The maximum atomic E-state index is 6.36. The number of rotatable bonds is 3. The number of fused-ring (bicyclic) bond motifs is 1. The number of hydrogen-bond acceptors (Lipinski definition) is 4. The molecule has 1 aliphatic heterocycles. The number of nitrogens with two attached hydrogens (primary N) is 1. The van der Waals surface area contributed by atoms with Crippen LogP contribution in [0.15, 0.2) is 35.5 Å². The summed E-state index contributed by atoms with van der Waals surface area (Å²) in [6, 6.07) is 8.64. The lowest BCUT2D eigenvalue weighted by atomic mass is 9.92. The second-order valence-corrected chi connectivity index (χ2v) is 5.69. The lowest BCUT2D eigenvalue weighted by Gasteiger charge is -2.19. The van der Waals surface area contributed by atoms with Crippen molar-refractivity contribution in [1.82, 2.24) is 14.8 Å². The Labute approximate surface area is 111 Å². The van der Waals surface area contributed by atoms with Crippen LogP contribution in [0.4, 0.5) is 0 Å². The summed E-state index contributed by atoms with van der Waals surface area (Å²) >= 11 is 1.90. The molecule has 3 rings (SSSR count). The standard InChI is InChI=1S/C13H16N4S/c1-17-13(15-8-16-17)6-11(14)10-7-18-12-5-3-2-4-9(10)12/h2-5,8,10-11H,6-7,14H2,1H3. The molecule has 0 saturated heterocycles. The fourth-order valence-corrected chi connectivity index (χ4v) is 3.75. The lowest BCUT2D eigenvalue weighted by Crippen LogP contribution is -2.32. The normalized spacial score (nSPS) is 19.8. The van der Waals surface area contributed by atoms with Crippen LogP contribution in [-0.2, 0) is 13.5 Å². The fraction of sp³-hybridized carbons (Fsp3) is 0.385. The van der Waals surface area contributed by atoms with Crippen molar-refractivity contribution >= 4 is 11.8 Å². The van der Waals surface area contributed by atoms with Gasteiger partial charge in [-0.3, -0.25) is 4.68 Å². The summed E-state index contributed by atoms with van der Waals surface area (Å²) in [6.07, 6.45) is 2.36. The van der Waals surface area contributed by atoms with E-state index in [9.17, 15) is 0 Å². The minimum atomic E-state index is 0.101. The van der Waals surface area contributed by atoms with Crippen molar-refractivity contribution in [3.8, 4) is 0 Å². The van der Waals surface area contributed by atoms with Gasteiger partial charge in [-0.25, -0.2) is 4.98 Å². The van der Waals surface area contributed by atoms with Gasteiger partial charge in [-0.15, -0.1) is 11.8 Å². The third kappa shape index (κ3) is 2.04. The molecule has 94 valence electrons. The van der Waals surface area contributed by atoms with Crippen LogP contribution < -0.4 is 5.73 Å². The highest BCUT2D eigenvalue weighted by atomic mass is 32.2. The predicted molar refractivity (Wildman–Crippen MR) is 72.6 cm³/mol. The van der Waals surface area contributed by atoms with Crippen LogP contribution in [0.2, 0.25) is 0 Å². The van der Waals surface area contributed by atoms with E-state index in [1.165, 1.54) is 10.5 Å². The van der Waals surface area contributed by atoms with Crippen LogP contribution in [-0.4, -0.2) is 26.6 Å². The second kappa shape index (κ2) is 4.74. The number of aryl methyl sites for hydroxylation is 1. The summed E-state index contributed by atoms with van der Waals surface area (Å²) in [5.74, 6) is 2.44. The molecule has 2 unspecified atom stereocenters. The molecule has 0 saturated carbocycles. The summed E-state index contributed by atoms with van der Waals surface area (Å²) in [5, 5.41) is 4.09. The molecule has 1 aromatic heterocycles. The minimum Gasteiger partial charge on any atom is -0.327 e. The first-order valence-electron chi connectivity index (χ1n) is 6.06. The van der Waals surface area contributed by atoms with Crippen molar-refractivity contribution in [2.45, 2.75) is 23.3 Å². The van der Waals surface area contributed by atoms with E-state index in [1.807, 2.05) is 18.8 Å². The molecule has 18 heavy (non-hydrogen) atoms. The van der Waals surface area contributed by atoms with Crippen molar-refractivity contribution in [2.75, 3.05) is 5.75 Å². The smallest absolute Gasteiger partial charge is 0.138 e. The molecule has 0 radical (unpaired) electrons. The number of benzene rings is 1. The summed E-state index contributed by atoms with van der Waals surface area (Å²) in [7, 11) is 1.91. The Morgan fingerprint density at radius 3 is 3.11 bits per heavy atom. The number of aromatic nitrogens is 3. The Morgan fingerprint density at radius 2 is 2.33 bits per heavy atom. The van der Waals surface area contributed by atoms with Crippen molar-refractivity contribution < 1.29 is 0 Å². The van der Waals surface area contributed by atoms with Crippen LogP contribution in [0, 0.1) is 0 Å². The van der Waals surface area contributed by atoms with E-state index < -0.39 is 0 Å². The first-order chi connectivity index (χ1) is 8.75. The predicted octanol–water partition coefficient (Wildman–Crippen LogP) is 1.57. The first kappa shape index (κ1) is 11.7. The molecule has 5 heteroatoms. The molecule has 0 aliphatic carbocycles. The van der Waals surface area contributed by atoms with Gasteiger partial charge in [0.25, 0.3) is 0 Å². The number of hydrogen-bond donors (Lipinski definition) is 1. The molecule has 0 bridgehead atoms. The Balaban J connectivity index is 1.79. The molecule has 2 heterocycles. The fourth-order valence-electron chi connectivity index (χ4n) is 2.40. The van der Waals surface area contributed by atoms with Crippen LogP contribution in [0.3, 0.4) is 0 Å². The Hall–Kier alpha value is -1.33. The van der Waals surface area contributed by atoms with Gasteiger partial charge in [0, 0.05) is 36.1 Å². The summed E-state index contributed by atoms with van der Waals surface area (Å²) in [5.41, 5.74) is 7.75. The summed E-state index contributed by atoms with van der Waals surface area (Å²) in [4.78, 5) is 5.62. The van der Waals surface area contributed by atoms with Gasteiger partial charge in [0.15, 0.2) is 0 Å². The highest BCUT2D eigenvalue weighted by Crippen LogP contribution is 2.40. The Bertz CT molecular complexity index is 551. The van der Waals surface area contributed by atoms with Crippen molar-refractivity contribution in [3.05, 3.63) is 42.0 Å². The van der Waals surface area contributed by atoms with Crippen molar-refractivity contribution in [2.24, 2.45) is 12.8 Å². The SMILES string of the molecule is Cn1ncnc1CC(N)C1CSc2ccccc21. The molecule has 0 amide bonds. The van der Waals surface area contributed by atoms with Crippen LogP contribution >= 0.6 is 11.8 Å². The van der Waals surface area contributed by atoms with Gasteiger partial charge >= 0.3 is 0 Å². The van der Waals surface area contributed by atoms with Gasteiger partial charge in [0.2, 0.25) is 0 Å². The molecule has 4 nitrogen and oxygen atoms in total. The van der Waals surface area contributed by atoms with Gasteiger partial charge in [0.1, 0.15) is 12.2 Å². The van der Waals surface area contributed by atoms with E-state index in [4.69, 9.17) is 5.73 Å². The lowest BCUT2D eigenvalue weighted by molar-refractivity contribution is 0.540. The van der Waals surface area contributed by atoms with Crippen molar-refractivity contribution in [1.29, 1.82) is 0 Å². The van der Waals surface area contributed by atoms with Crippen LogP contribution in [0.25, 0.3) is 0 Å². The monoisotopic (exact) mass is 260 g/mol. The molecular formula is C13H16N4S. The van der Waals surface area contributed by atoms with Crippen molar-refractivity contribution in [3.63, 3.8) is 0 Å². The maximum Gasteiger partial charge on any atom is 0.138 e. The van der Waals surface area contributed by atoms with Gasteiger partial charge in [0.05, 0.1) is 0 Å². The zero-order chi connectivity index (χ0) is 12.5. The van der Waals surface area contributed by atoms with Crippen LogP contribution in [0.1, 0.15) is 17.3 Å². The molecule has 0 fully saturated rings. The highest BCUT2D eigenvalue weighted by molar-refractivity contribution is 7.99. The average Bonchev–Trinajstić information content (AvgIpc) is 2.96. The number of nitrogens with zero attached hydrogens (tertiary/aromatic N) is 3. The summed E-state index contributed by atoms with van der Waals surface area (Å²) < 4.78 is 1.80. The molecule has 0 spiro atoms. The van der Waals surface area contributed by atoms with E-state index in [0.29, 0.717) is 5.92 Å². The van der Waals surface area contributed by atoms with E-state index in [-0.39, 0.29) is 6.04 Å². The molecule has 2 atom stereocenters. The molecule has 1 aliphatic rings. The minimum absolute atomic E-state index is 0.101. The van der Waals surface area contributed by atoms with E-state index in [1.54, 1.807) is 11.0 Å². The first-order valence-corrected chi connectivity index (χ1v) is 7.04. The third-order valence-corrected chi connectivity index (χ3v) is 4.69. The van der Waals surface area contributed by atoms with E-state index in [2.05, 4.69) is 34.3 Å². The zero-order valence-electron chi connectivity index (χ0n) is 10.3. The average molecular weight is 260 g/mol. The van der Waals surface area contributed by atoms with Crippen LogP contribution in [0.5, 0.6) is 0 Å². The topological polar surface area (TPSA) is 56.7 Å². The molecule has 1 aromatic carbocycles. The zero-order valence-corrected chi connectivity index (χ0v) is 11.1. The maximum absolute atomic E-state index is 6.36. The van der Waals surface area contributed by atoms with Gasteiger partial charge < -0.3 is 5.73 Å². The van der Waals surface area contributed by atoms with Gasteiger partial charge in [-0.1, -0.05) is 18.2 Å².